The largest absolute Gasteiger partial charge is 0.481 e. The lowest BCUT2D eigenvalue weighted by Crippen LogP contribution is -2.48. The fourth-order valence-corrected chi connectivity index (χ4v) is 2.45. The Labute approximate surface area is 97.6 Å². The van der Waals surface area contributed by atoms with E-state index in [1.807, 2.05) is 6.92 Å². The van der Waals surface area contributed by atoms with E-state index >= 15 is 0 Å². The number of hydrogen-bond acceptors (Lipinski definition) is 3. The zero-order valence-corrected chi connectivity index (χ0v) is 10.5. The minimum Gasteiger partial charge on any atom is -0.481 e. The van der Waals surface area contributed by atoms with Crippen LogP contribution in [0, 0.1) is 5.92 Å². The third-order valence-electron chi connectivity index (χ3n) is 3.41. The summed E-state index contributed by atoms with van der Waals surface area (Å²) in [5.74, 6) is -0.811. The Hall–Kier alpha value is -0.610. The van der Waals surface area contributed by atoms with Crippen molar-refractivity contribution in [1.29, 1.82) is 0 Å². The first-order valence-electron chi connectivity index (χ1n) is 6.12. The van der Waals surface area contributed by atoms with Gasteiger partial charge in [-0.1, -0.05) is 0 Å². The van der Waals surface area contributed by atoms with Crippen molar-refractivity contribution in [3.8, 4) is 0 Å². The highest BCUT2D eigenvalue weighted by Gasteiger charge is 2.31. The van der Waals surface area contributed by atoms with E-state index in [1.165, 1.54) is 0 Å². The van der Waals surface area contributed by atoms with Crippen LogP contribution in [0.25, 0.3) is 0 Å². The minimum atomic E-state index is -0.649. The van der Waals surface area contributed by atoms with Crippen LogP contribution >= 0.6 is 0 Å². The molecule has 0 bridgehead atoms. The molecule has 0 aromatic rings. The predicted octanol–water partition coefficient (Wildman–Crippen LogP) is 1.60. The van der Waals surface area contributed by atoms with E-state index in [4.69, 9.17) is 9.84 Å². The standard InChI is InChI=1S/C12H23NO3/c1-4-16-8-10(3)13-6-5-11(12(14)15)7-9(13)2/h9-11H,4-8H2,1-3H3,(H,14,15). The summed E-state index contributed by atoms with van der Waals surface area (Å²) in [7, 11) is 0. The zero-order chi connectivity index (χ0) is 12.1. The van der Waals surface area contributed by atoms with Crippen molar-refractivity contribution in [2.75, 3.05) is 19.8 Å². The lowest BCUT2D eigenvalue weighted by atomic mass is 9.91. The second-order valence-electron chi connectivity index (χ2n) is 4.65. The van der Waals surface area contributed by atoms with Crippen LogP contribution in [0.4, 0.5) is 0 Å². The van der Waals surface area contributed by atoms with E-state index in [0.29, 0.717) is 12.1 Å². The number of hydrogen-bond donors (Lipinski definition) is 1. The van der Waals surface area contributed by atoms with Gasteiger partial charge in [0.05, 0.1) is 12.5 Å². The molecule has 0 aromatic heterocycles. The number of aliphatic carboxylic acids is 1. The summed E-state index contributed by atoms with van der Waals surface area (Å²) in [6.07, 6.45) is 1.52. The molecule has 3 atom stereocenters. The van der Waals surface area contributed by atoms with Crippen LogP contribution in [-0.4, -0.2) is 47.8 Å². The van der Waals surface area contributed by atoms with Gasteiger partial charge >= 0.3 is 5.97 Å². The summed E-state index contributed by atoms with van der Waals surface area (Å²) < 4.78 is 5.41. The molecule has 1 aliphatic rings. The van der Waals surface area contributed by atoms with Crippen molar-refractivity contribution in [2.45, 2.75) is 45.7 Å². The Morgan fingerprint density at radius 2 is 2.31 bits per heavy atom. The molecule has 94 valence electrons. The maximum absolute atomic E-state index is 10.9. The number of rotatable bonds is 5. The van der Waals surface area contributed by atoms with Gasteiger partial charge in [-0.05, 0) is 40.2 Å². The van der Waals surface area contributed by atoms with Gasteiger partial charge in [0.2, 0.25) is 0 Å². The predicted molar refractivity (Wildman–Crippen MR) is 62.5 cm³/mol. The van der Waals surface area contributed by atoms with Gasteiger partial charge in [0.15, 0.2) is 0 Å². The van der Waals surface area contributed by atoms with E-state index in [-0.39, 0.29) is 5.92 Å². The van der Waals surface area contributed by atoms with Crippen LogP contribution in [0.1, 0.15) is 33.6 Å². The first kappa shape index (κ1) is 13.5. The van der Waals surface area contributed by atoms with Gasteiger partial charge in [0.25, 0.3) is 0 Å². The highest BCUT2D eigenvalue weighted by molar-refractivity contribution is 5.70. The molecule has 1 heterocycles. The third-order valence-corrected chi connectivity index (χ3v) is 3.41. The number of ether oxygens (including phenoxy) is 1. The SMILES string of the molecule is CCOCC(C)N1CCC(C(=O)O)CC1C. The normalized spacial score (nSPS) is 28.9. The number of carbonyl (C=O) groups is 1. The van der Waals surface area contributed by atoms with Crippen molar-refractivity contribution in [3.05, 3.63) is 0 Å². The second-order valence-corrected chi connectivity index (χ2v) is 4.65. The number of carboxylic acid groups (broad SMARTS) is 1. The first-order chi connectivity index (χ1) is 7.56. The van der Waals surface area contributed by atoms with Crippen molar-refractivity contribution >= 4 is 5.97 Å². The van der Waals surface area contributed by atoms with Crippen LogP contribution in [0.3, 0.4) is 0 Å². The molecule has 16 heavy (non-hydrogen) atoms. The number of likely N-dealkylation sites (tertiary alicyclic amines) is 1. The van der Waals surface area contributed by atoms with Gasteiger partial charge in [-0.2, -0.15) is 0 Å². The molecular weight excluding hydrogens is 206 g/mol. The summed E-state index contributed by atoms with van der Waals surface area (Å²) in [5, 5.41) is 8.98. The molecule has 0 aromatic carbocycles. The molecule has 1 N–H and O–H groups in total. The van der Waals surface area contributed by atoms with Gasteiger partial charge in [-0.15, -0.1) is 0 Å². The Morgan fingerprint density at radius 3 is 2.81 bits per heavy atom. The second kappa shape index (κ2) is 6.21. The summed E-state index contributed by atoms with van der Waals surface area (Å²) in [6, 6.07) is 0.718. The molecule has 0 radical (unpaired) electrons. The van der Waals surface area contributed by atoms with Crippen LogP contribution in [-0.2, 0) is 9.53 Å². The molecule has 1 fully saturated rings. The Kier molecular flexibility index (Phi) is 5.22. The van der Waals surface area contributed by atoms with Gasteiger partial charge in [0.1, 0.15) is 0 Å². The molecule has 0 spiro atoms. The summed E-state index contributed by atoms with van der Waals surface area (Å²) in [4.78, 5) is 13.3. The van der Waals surface area contributed by atoms with Crippen LogP contribution in [0.2, 0.25) is 0 Å². The number of nitrogens with zero attached hydrogens (tertiary/aromatic N) is 1. The Morgan fingerprint density at radius 1 is 1.62 bits per heavy atom. The van der Waals surface area contributed by atoms with E-state index in [2.05, 4.69) is 18.7 Å². The summed E-state index contributed by atoms with van der Waals surface area (Å²) in [5.41, 5.74) is 0. The lowest BCUT2D eigenvalue weighted by molar-refractivity contribution is -0.144. The van der Waals surface area contributed by atoms with Crippen LogP contribution in [0.15, 0.2) is 0 Å². The number of carboxylic acids is 1. The van der Waals surface area contributed by atoms with Crippen LogP contribution < -0.4 is 0 Å². The molecule has 1 aliphatic heterocycles. The van der Waals surface area contributed by atoms with Gasteiger partial charge in [-0.3, -0.25) is 9.69 Å². The van der Waals surface area contributed by atoms with Crippen molar-refractivity contribution < 1.29 is 14.6 Å². The van der Waals surface area contributed by atoms with Crippen molar-refractivity contribution in [3.63, 3.8) is 0 Å². The summed E-state index contributed by atoms with van der Waals surface area (Å²) in [6.45, 7) is 8.59. The highest BCUT2D eigenvalue weighted by Crippen LogP contribution is 2.24. The van der Waals surface area contributed by atoms with Gasteiger partial charge in [0, 0.05) is 18.7 Å². The van der Waals surface area contributed by atoms with E-state index < -0.39 is 5.97 Å². The molecule has 4 nitrogen and oxygen atoms in total. The van der Waals surface area contributed by atoms with E-state index in [9.17, 15) is 4.79 Å². The van der Waals surface area contributed by atoms with Crippen molar-refractivity contribution in [2.24, 2.45) is 5.92 Å². The van der Waals surface area contributed by atoms with E-state index in [1.54, 1.807) is 0 Å². The lowest BCUT2D eigenvalue weighted by Gasteiger charge is -2.40. The smallest absolute Gasteiger partial charge is 0.306 e. The average Bonchev–Trinajstić information content (AvgIpc) is 2.25. The zero-order valence-electron chi connectivity index (χ0n) is 10.5. The fourth-order valence-electron chi connectivity index (χ4n) is 2.45. The Bertz CT molecular complexity index is 232. The minimum absolute atomic E-state index is 0.162. The number of piperidine rings is 1. The maximum Gasteiger partial charge on any atom is 0.306 e. The van der Waals surface area contributed by atoms with Crippen LogP contribution in [0.5, 0.6) is 0 Å². The third kappa shape index (κ3) is 3.46. The van der Waals surface area contributed by atoms with Gasteiger partial charge < -0.3 is 9.84 Å². The monoisotopic (exact) mass is 229 g/mol. The van der Waals surface area contributed by atoms with Crippen molar-refractivity contribution in [1.82, 2.24) is 4.90 Å². The quantitative estimate of drug-likeness (QED) is 0.778. The average molecular weight is 229 g/mol. The molecule has 0 saturated carbocycles. The summed E-state index contributed by atoms with van der Waals surface area (Å²) >= 11 is 0. The molecular formula is C12H23NO3. The van der Waals surface area contributed by atoms with Gasteiger partial charge in [-0.25, -0.2) is 0 Å². The van der Waals surface area contributed by atoms with E-state index in [0.717, 1.165) is 32.6 Å². The topological polar surface area (TPSA) is 49.8 Å². The molecule has 0 amide bonds. The molecule has 3 unspecified atom stereocenters. The fraction of sp³-hybridized carbons (Fsp3) is 0.917. The molecule has 1 rings (SSSR count). The first-order valence-corrected chi connectivity index (χ1v) is 6.12. The molecule has 0 aliphatic carbocycles. The Balaban J connectivity index is 2.43. The highest BCUT2D eigenvalue weighted by atomic mass is 16.5. The molecule has 4 heteroatoms. The maximum atomic E-state index is 10.9. The molecule has 1 saturated heterocycles.